The highest BCUT2D eigenvalue weighted by Gasteiger charge is 2.02. The number of thiol groups is 1. The van der Waals surface area contributed by atoms with Crippen molar-refractivity contribution >= 4 is 12.6 Å². The summed E-state index contributed by atoms with van der Waals surface area (Å²) in [5.41, 5.74) is 5.04. The van der Waals surface area contributed by atoms with E-state index in [0.717, 1.165) is 4.90 Å². The van der Waals surface area contributed by atoms with Gasteiger partial charge in [-0.15, -0.1) is 12.6 Å². The summed E-state index contributed by atoms with van der Waals surface area (Å²) in [7, 11) is 0. The molecular weight excluding hydrogens is 200 g/mol. The van der Waals surface area contributed by atoms with Gasteiger partial charge in [0, 0.05) is 4.90 Å². The highest BCUT2D eigenvalue weighted by atomic mass is 32.1. The second-order valence-corrected chi connectivity index (χ2v) is 4.29. The Morgan fingerprint density at radius 2 is 1.53 bits per heavy atom. The molecule has 0 amide bonds. The van der Waals surface area contributed by atoms with E-state index in [2.05, 4.69) is 62.9 Å². The summed E-state index contributed by atoms with van der Waals surface area (Å²) < 4.78 is 0. The van der Waals surface area contributed by atoms with Crippen LogP contribution in [0.3, 0.4) is 0 Å². The molecule has 0 aliphatic carbocycles. The lowest BCUT2D eigenvalue weighted by molar-refractivity contribution is 1.24. The van der Waals surface area contributed by atoms with E-state index in [1.165, 1.54) is 22.3 Å². The molecule has 0 saturated carbocycles. The normalized spacial score (nSPS) is 10.3. The summed E-state index contributed by atoms with van der Waals surface area (Å²) in [5.74, 6) is 0. The topological polar surface area (TPSA) is 0 Å². The molecule has 0 heterocycles. The average molecular weight is 214 g/mol. The Balaban J connectivity index is 2.56. The van der Waals surface area contributed by atoms with Crippen LogP contribution in [-0.2, 0) is 0 Å². The summed E-state index contributed by atoms with van der Waals surface area (Å²) in [4.78, 5) is 1.06. The van der Waals surface area contributed by atoms with Crippen LogP contribution in [-0.4, -0.2) is 0 Å². The summed E-state index contributed by atoms with van der Waals surface area (Å²) >= 11 is 4.49. The molecule has 2 rings (SSSR count). The SMILES string of the molecule is Cc1cc(-c2ccccc2)cc(S)c1C. The molecule has 0 aromatic heterocycles. The second-order valence-electron chi connectivity index (χ2n) is 3.80. The van der Waals surface area contributed by atoms with Crippen molar-refractivity contribution in [3.63, 3.8) is 0 Å². The first-order valence-electron chi connectivity index (χ1n) is 5.04. The van der Waals surface area contributed by atoms with Gasteiger partial charge < -0.3 is 0 Å². The number of benzene rings is 2. The first-order chi connectivity index (χ1) is 7.18. The maximum Gasteiger partial charge on any atom is 0.00780 e. The Morgan fingerprint density at radius 3 is 2.13 bits per heavy atom. The Kier molecular flexibility index (Phi) is 2.83. The monoisotopic (exact) mass is 214 g/mol. The molecule has 0 nitrogen and oxygen atoms in total. The zero-order valence-corrected chi connectivity index (χ0v) is 9.88. The van der Waals surface area contributed by atoms with Crippen molar-refractivity contribution < 1.29 is 0 Å². The quantitative estimate of drug-likeness (QED) is 0.674. The fourth-order valence-corrected chi connectivity index (χ4v) is 1.95. The third kappa shape index (κ3) is 2.07. The molecule has 0 atom stereocenters. The summed E-state index contributed by atoms with van der Waals surface area (Å²) in [6, 6.07) is 14.7. The molecule has 0 N–H and O–H groups in total. The predicted molar refractivity (Wildman–Crippen MR) is 68.6 cm³/mol. The third-order valence-electron chi connectivity index (χ3n) is 2.75. The van der Waals surface area contributed by atoms with E-state index in [1.807, 2.05) is 6.07 Å². The summed E-state index contributed by atoms with van der Waals surface area (Å²) in [6.45, 7) is 4.23. The number of rotatable bonds is 1. The smallest absolute Gasteiger partial charge is 0.00780 e. The summed E-state index contributed by atoms with van der Waals surface area (Å²) in [6.07, 6.45) is 0. The van der Waals surface area contributed by atoms with E-state index in [9.17, 15) is 0 Å². The standard InChI is InChI=1S/C14H14S/c1-10-8-13(9-14(15)11(10)2)12-6-4-3-5-7-12/h3-9,15H,1-2H3. The van der Waals surface area contributed by atoms with E-state index in [1.54, 1.807) is 0 Å². The minimum atomic E-state index is 1.06. The zero-order valence-electron chi connectivity index (χ0n) is 8.99. The molecular formula is C14H14S. The molecule has 0 fully saturated rings. The van der Waals surface area contributed by atoms with E-state index >= 15 is 0 Å². The lowest BCUT2D eigenvalue weighted by Crippen LogP contribution is -1.86. The first-order valence-corrected chi connectivity index (χ1v) is 5.49. The van der Waals surface area contributed by atoms with Crippen molar-refractivity contribution in [2.45, 2.75) is 18.7 Å². The van der Waals surface area contributed by atoms with Crippen LogP contribution in [0.5, 0.6) is 0 Å². The van der Waals surface area contributed by atoms with Gasteiger partial charge in [0.2, 0.25) is 0 Å². The van der Waals surface area contributed by atoms with E-state index in [4.69, 9.17) is 0 Å². The van der Waals surface area contributed by atoms with Gasteiger partial charge in [0.05, 0.1) is 0 Å². The van der Waals surface area contributed by atoms with Crippen molar-refractivity contribution in [1.82, 2.24) is 0 Å². The van der Waals surface area contributed by atoms with Crippen molar-refractivity contribution in [2.75, 3.05) is 0 Å². The fraction of sp³-hybridized carbons (Fsp3) is 0.143. The molecule has 0 radical (unpaired) electrons. The van der Waals surface area contributed by atoms with Crippen LogP contribution in [0.1, 0.15) is 11.1 Å². The number of hydrogen-bond donors (Lipinski definition) is 1. The van der Waals surface area contributed by atoms with Crippen LogP contribution in [0.4, 0.5) is 0 Å². The highest BCUT2D eigenvalue weighted by Crippen LogP contribution is 2.26. The molecule has 0 saturated heterocycles. The van der Waals surface area contributed by atoms with Gasteiger partial charge in [0.25, 0.3) is 0 Å². The average Bonchev–Trinajstić information content (AvgIpc) is 2.26. The van der Waals surface area contributed by atoms with Gasteiger partial charge in [0.15, 0.2) is 0 Å². The maximum atomic E-state index is 4.49. The van der Waals surface area contributed by atoms with Gasteiger partial charge in [-0.25, -0.2) is 0 Å². The Morgan fingerprint density at radius 1 is 0.867 bits per heavy atom. The lowest BCUT2D eigenvalue weighted by Gasteiger charge is -2.08. The molecule has 2 aromatic carbocycles. The largest absolute Gasteiger partial charge is 0.143 e. The van der Waals surface area contributed by atoms with Crippen molar-refractivity contribution in [3.8, 4) is 11.1 Å². The molecule has 0 spiro atoms. The van der Waals surface area contributed by atoms with Crippen molar-refractivity contribution in [1.29, 1.82) is 0 Å². The summed E-state index contributed by atoms with van der Waals surface area (Å²) in [5, 5.41) is 0. The van der Waals surface area contributed by atoms with Gasteiger partial charge in [-0.1, -0.05) is 36.4 Å². The zero-order chi connectivity index (χ0) is 10.8. The van der Waals surface area contributed by atoms with E-state index in [0.29, 0.717) is 0 Å². The third-order valence-corrected chi connectivity index (χ3v) is 3.21. The number of aryl methyl sites for hydroxylation is 1. The maximum absolute atomic E-state index is 4.49. The van der Waals surface area contributed by atoms with E-state index < -0.39 is 0 Å². The van der Waals surface area contributed by atoms with Gasteiger partial charge in [-0.05, 0) is 42.2 Å². The van der Waals surface area contributed by atoms with Crippen molar-refractivity contribution in [3.05, 3.63) is 53.6 Å². The second kappa shape index (κ2) is 4.11. The van der Waals surface area contributed by atoms with E-state index in [-0.39, 0.29) is 0 Å². The molecule has 0 aliphatic heterocycles. The van der Waals surface area contributed by atoms with Crippen LogP contribution in [0, 0.1) is 13.8 Å². The molecule has 15 heavy (non-hydrogen) atoms. The molecule has 2 aromatic rings. The molecule has 0 unspecified atom stereocenters. The fourth-order valence-electron chi connectivity index (χ4n) is 1.64. The van der Waals surface area contributed by atoms with Crippen LogP contribution in [0.25, 0.3) is 11.1 Å². The Bertz CT molecular complexity index is 449. The van der Waals surface area contributed by atoms with Crippen molar-refractivity contribution in [2.24, 2.45) is 0 Å². The van der Waals surface area contributed by atoms with Gasteiger partial charge in [-0.2, -0.15) is 0 Å². The van der Waals surface area contributed by atoms with Crippen LogP contribution in [0.15, 0.2) is 47.4 Å². The predicted octanol–water partition coefficient (Wildman–Crippen LogP) is 4.26. The lowest BCUT2D eigenvalue weighted by atomic mass is 10.0. The Labute approximate surface area is 96.4 Å². The molecule has 0 bridgehead atoms. The molecule has 1 heteroatoms. The first kappa shape index (κ1) is 10.3. The van der Waals surface area contributed by atoms with Gasteiger partial charge >= 0.3 is 0 Å². The Hall–Kier alpha value is -1.21. The minimum absolute atomic E-state index is 1.06. The number of hydrogen-bond acceptors (Lipinski definition) is 1. The minimum Gasteiger partial charge on any atom is -0.143 e. The highest BCUT2D eigenvalue weighted by molar-refractivity contribution is 7.80. The molecule has 0 aliphatic rings. The van der Waals surface area contributed by atoms with Crippen LogP contribution in [0.2, 0.25) is 0 Å². The van der Waals surface area contributed by atoms with Gasteiger partial charge in [0.1, 0.15) is 0 Å². The van der Waals surface area contributed by atoms with Crippen LogP contribution >= 0.6 is 12.6 Å². The van der Waals surface area contributed by atoms with Gasteiger partial charge in [-0.3, -0.25) is 0 Å². The van der Waals surface area contributed by atoms with Crippen LogP contribution < -0.4 is 0 Å². The molecule has 76 valence electrons.